The molecule has 2 amide bonds. The van der Waals surface area contributed by atoms with Crippen LogP contribution in [0.3, 0.4) is 0 Å². The quantitative estimate of drug-likeness (QED) is 0.762. The van der Waals surface area contributed by atoms with Crippen LogP contribution in [0.5, 0.6) is 0 Å². The fourth-order valence-electron chi connectivity index (χ4n) is 1.24. The summed E-state index contributed by atoms with van der Waals surface area (Å²) in [6.07, 6.45) is 0. The van der Waals surface area contributed by atoms with E-state index in [-0.39, 0.29) is 17.3 Å². The number of aromatic amines is 1. The largest absolute Gasteiger partial charge is 0.363 e. The molecule has 1 aromatic carbocycles. The molecule has 8 heteroatoms. The molecule has 2 aromatic rings. The van der Waals surface area contributed by atoms with Gasteiger partial charge < -0.3 is 5.73 Å². The van der Waals surface area contributed by atoms with Gasteiger partial charge in [0, 0.05) is 0 Å². The van der Waals surface area contributed by atoms with Crippen LogP contribution in [-0.4, -0.2) is 27.0 Å². The van der Waals surface area contributed by atoms with Crippen molar-refractivity contribution in [3.63, 3.8) is 0 Å². The summed E-state index contributed by atoms with van der Waals surface area (Å²) in [5.41, 5.74) is 5.27. The zero-order valence-corrected chi connectivity index (χ0v) is 9.73. The Kier molecular flexibility index (Phi) is 3.24. The van der Waals surface area contributed by atoms with E-state index in [0.717, 1.165) is 0 Å². The number of H-pyrrole nitrogens is 1. The van der Waals surface area contributed by atoms with Crippen molar-refractivity contribution in [2.75, 3.05) is 5.32 Å². The van der Waals surface area contributed by atoms with Gasteiger partial charge in [0.05, 0.1) is 10.6 Å². The van der Waals surface area contributed by atoms with E-state index in [4.69, 9.17) is 17.3 Å². The molecule has 0 saturated heterocycles. The van der Waals surface area contributed by atoms with E-state index in [1.165, 1.54) is 0 Å². The number of anilines is 1. The molecule has 4 N–H and O–H groups in total. The monoisotopic (exact) mass is 265 g/mol. The van der Waals surface area contributed by atoms with Crippen LogP contribution >= 0.6 is 11.6 Å². The molecule has 0 fully saturated rings. The molecule has 0 aliphatic heterocycles. The van der Waals surface area contributed by atoms with Crippen molar-refractivity contribution >= 4 is 29.4 Å². The van der Waals surface area contributed by atoms with Crippen LogP contribution in [0.4, 0.5) is 5.95 Å². The van der Waals surface area contributed by atoms with E-state index in [0.29, 0.717) is 5.02 Å². The second kappa shape index (κ2) is 4.84. The van der Waals surface area contributed by atoms with Gasteiger partial charge in [-0.25, -0.2) is 0 Å². The van der Waals surface area contributed by atoms with Crippen LogP contribution in [0, 0.1) is 0 Å². The predicted octanol–water partition coefficient (Wildman–Crippen LogP) is 0.809. The highest BCUT2D eigenvalue weighted by Gasteiger charge is 2.13. The summed E-state index contributed by atoms with van der Waals surface area (Å²) in [6.45, 7) is 0. The number of nitrogens with two attached hydrogens (primary N) is 1. The molecule has 0 bridgehead atoms. The summed E-state index contributed by atoms with van der Waals surface area (Å²) in [6, 6.07) is 6.52. The van der Waals surface area contributed by atoms with Gasteiger partial charge in [0.1, 0.15) is 0 Å². The third kappa shape index (κ3) is 2.46. The molecule has 1 heterocycles. The first-order valence-corrected chi connectivity index (χ1v) is 5.24. The summed E-state index contributed by atoms with van der Waals surface area (Å²) in [5, 5.41) is 8.61. The number of carbonyl (C=O) groups is 2. The predicted molar refractivity (Wildman–Crippen MR) is 64.3 cm³/mol. The normalized spacial score (nSPS) is 10.1. The molecule has 2 rings (SSSR count). The van der Waals surface area contributed by atoms with Crippen molar-refractivity contribution in [3.8, 4) is 0 Å². The minimum absolute atomic E-state index is 0.0475. The van der Waals surface area contributed by atoms with Crippen LogP contribution in [0.2, 0.25) is 5.02 Å². The first kappa shape index (κ1) is 12.1. The standard InChI is InChI=1S/C10H8ClN5O2/c11-6-4-2-1-3-5(6)9(18)14-10-13-8(7(12)17)15-16-10/h1-4H,(H2,12,17)(H2,13,14,15,16,18). The van der Waals surface area contributed by atoms with Crippen molar-refractivity contribution in [2.45, 2.75) is 0 Å². The van der Waals surface area contributed by atoms with Gasteiger partial charge in [0.15, 0.2) is 0 Å². The van der Waals surface area contributed by atoms with Crippen LogP contribution in [0.1, 0.15) is 21.0 Å². The van der Waals surface area contributed by atoms with E-state index in [9.17, 15) is 9.59 Å². The summed E-state index contributed by atoms with van der Waals surface area (Å²) in [4.78, 5) is 26.3. The third-order valence-corrected chi connectivity index (χ3v) is 2.39. The zero-order chi connectivity index (χ0) is 13.1. The Labute approximate surface area is 106 Å². The number of carbonyl (C=O) groups excluding carboxylic acids is 2. The lowest BCUT2D eigenvalue weighted by Gasteiger charge is -2.02. The number of primary amides is 1. The van der Waals surface area contributed by atoms with Crippen LogP contribution in [0.15, 0.2) is 24.3 Å². The van der Waals surface area contributed by atoms with Crippen molar-refractivity contribution in [3.05, 3.63) is 40.7 Å². The number of nitrogens with one attached hydrogen (secondary N) is 2. The average molecular weight is 266 g/mol. The number of hydrogen-bond donors (Lipinski definition) is 3. The molecule has 0 aliphatic rings. The fraction of sp³-hybridized carbons (Fsp3) is 0. The lowest BCUT2D eigenvalue weighted by atomic mass is 10.2. The topological polar surface area (TPSA) is 114 Å². The first-order valence-electron chi connectivity index (χ1n) is 4.86. The van der Waals surface area contributed by atoms with E-state index in [2.05, 4.69) is 20.5 Å². The van der Waals surface area contributed by atoms with Gasteiger partial charge in [-0.15, -0.1) is 5.10 Å². The maximum atomic E-state index is 11.8. The highest BCUT2D eigenvalue weighted by atomic mass is 35.5. The first-order chi connectivity index (χ1) is 8.58. The summed E-state index contributed by atoms with van der Waals surface area (Å²) in [7, 11) is 0. The molecular formula is C10H8ClN5O2. The van der Waals surface area contributed by atoms with E-state index < -0.39 is 11.8 Å². The molecular weight excluding hydrogens is 258 g/mol. The van der Waals surface area contributed by atoms with Gasteiger partial charge in [0.2, 0.25) is 11.8 Å². The van der Waals surface area contributed by atoms with Gasteiger partial charge in [-0.05, 0) is 12.1 Å². The Balaban J connectivity index is 2.16. The molecule has 0 radical (unpaired) electrons. The van der Waals surface area contributed by atoms with E-state index >= 15 is 0 Å². The van der Waals surface area contributed by atoms with Crippen LogP contribution in [0.25, 0.3) is 0 Å². The number of rotatable bonds is 3. The number of amides is 2. The second-order valence-electron chi connectivity index (χ2n) is 3.31. The van der Waals surface area contributed by atoms with Crippen molar-refractivity contribution in [2.24, 2.45) is 5.73 Å². The molecule has 0 atom stereocenters. The van der Waals surface area contributed by atoms with Crippen molar-refractivity contribution in [1.29, 1.82) is 0 Å². The molecule has 1 aromatic heterocycles. The Hall–Kier alpha value is -2.41. The van der Waals surface area contributed by atoms with E-state index in [1.807, 2.05) is 0 Å². The molecule has 18 heavy (non-hydrogen) atoms. The third-order valence-electron chi connectivity index (χ3n) is 2.06. The minimum atomic E-state index is -0.763. The fourth-order valence-corrected chi connectivity index (χ4v) is 1.46. The van der Waals surface area contributed by atoms with Crippen LogP contribution in [-0.2, 0) is 0 Å². The molecule has 0 aliphatic carbocycles. The SMILES string of the molecule is NC(=O)c1nc(NC(=O)c2ccccc2Cl)n[nH]1. The highest BCUT2D eigenvalue weighted by Crippen LogP contribution is 2.15. The van der Waals surface area contributed by atoms with Gasteiger partial charge in [-0.2, -0.15) is 4.98 Å². The minimum Gasteiger partial charge on any atom is -0.363 e. The van der Waals surface area contributed by atoms with Gasteiger partial charge in [-0.3, -0.25) is 20.0 Å². The summed E-state index contributed by atoms with van der Waals surface area (Å²) < 4.78 is 0. The zero-order valence-electron chi connectivity index (χ0n) is 8.98. The number of hydrogen-bond acceptors (Lipinski definition) is 4. The maximum absolute atomic E-state index is 11.8. The average Bonchev–Trinajstić information content (AvgIpc) is 2.78. The Bertz CT molecular complexity index is 610. The summed E-state index contributed by atoms with van der Waals surface area (Å²) >= 11 is 5.86. The number of halogens is 1. The second-order valence-corrected chi connectivity index (χ2v) is 3.71. The molecule has 7 nitrogen and oxygen atoms in total. The molecule has 0 spiro atoms. The van der Waals surface area contributed by atoms with Crippen LogP contribution < -0.4 is 11.1 Å². The van der Waals surface area contributed by atoms with Gasteiger partial charge >= 0.3 is 0 Å². The maximum Gasteiger partial charge on any atom is 0.286 e. The Morgan fingerprint density at radius 1 is 1.33 bits per heavy atom. The van der Waals surface area contributed by atoms with Crippen molar-refractivity contribution < 1.29 is 9.59 Å². The van der Waals surface area contributed by atoms with Gasteiger partial charge in [0.25, 0.3) is 11.8 Å². The van der Waals surface area contributed by atoms with Crippen molar-refractivity contribution in [1.82, 2.24) is 15.2 Å². The lowest BCUT2D eigenvalue weighted by Crippen LogP contribution is -2.15. The summed E-state index contributed by atoms with van der Waals surface area (Å²) in [5.74, 6) is -1.42. The highest BCUT2D eigenvalue weighted by molar-refractivity contribution is 6.34. The van der Waals surface area contributed by atoms with E-state index in [1.54, 1.807) is 24.3 Å². The molecule has 0 unspecified atom stereocenters. The molecule has 0 saturated carbocycles. The Morgan fingerprint density at radius 2 is 2.06 bits per heavy atom. The lowest BCUT2D eigenvalue weighted by molar-refractivity contribution is 0.0988. The Morgan fingerprint density at radius 3 is 2.67 bits per heavy atom. The smallest absolute Gasteiger partial charge is 0.286 e. The molecule has 92 valence electrons. The van der Waals surface area contributed by atoms with Gasteiger partial charge in [-0.1, -0.05) is 23.7 Å². The number of aromatic nitrogens is 3. The number of benzene rings is 1. The number of nitrogens with zero attached hydrogens (tertiary/aromatic N) is 2.